The SMILES string of the molecule is COc1cc(C)c(C=c2sc3n(c2=O)C(c2ccccc2)C(C(=O)OC(C)C)=C(C)N=3)cc1C(C)C. The number of methoxy groups -OCH3 is 1. The predicted octanol–water partition coefficient (Wildman–Crippen LogP) is 4.63. The minimum atomic E-state index is -0.612. The van der Waals surface area contributed by atoms with Gasteiger partial charge in [0.05, 0.1) is 35.1 Å². The van der Waals surface area contributed by atoms with Crippen molar-refractivity contribution in [3.8, 4) is 5.75 Å². The number of hydrogen-bond acceptors (Lipinski definition) is 6. The van der Waals surface area contributed by atoms with Gasteiger partial charge in [-0.25, -0.2) is 9.79 Å². The molecule has 1 aliphatic heterocycles. The highest BCUT2D eigenvalue weighted by Crippen LogP contribution is 2.32. The fourth-order valence-corrected chi connectivity index (χ4v) is 5.49. The molecule has 1 aliphatic rings. The van der Waals surface area contributed by atoms with Crippen molar-refractivity contribution < 1.29 is 14.3 Å². The maximum atomic E-state index is 13.8. The van der Waals surface area contributed by atoms with Crippen LogP contribution in [0.2, 0.25) is 0 Å². The van der Waals surface area contributed by atoms with E-state index in [0.717, 1.165) is 28.0 Å². The Balaban J connectivity index is 1.94. The Morgan fingerprint density at radius 1 is 1.11 bits per heavy atom. The first kappa shape index (κ1) is 25.6. The van der Waals surface area contributed by atoms with Gasteiger partial charge >= 0.3 is 5.97 Å². The van der Waals surface area contributed by atoms with E-state index in [-0.39, 0.29) is 17.6 Å². The first-order valence-corrected chi connectivity index (χ1v) is 12.9. The van der Waals surface area contributed by atoms with E-state index in [2.05, 4.69) is 24.9 Å². The first-order valence-electron chi connectivity index (χ1n) is 12.1. The van der Waals surface area contributed by atoms with Gasteiger partial charge in [-0.05, 0) is 74.1 Å². The maximum absolute atomic E-state index is 13.8. The Labute approximate surface area is 215 Å². The van der Waals surface area contributed by atoms with E-state index in [0.29, 0.717) is 20.6 Å². The summed E-state index contributed by atoms with van der Waals surface area (Å²) in [6.45, 7) is 11.7. The number of thiazole rings is 1. The van der Waals surface area contributed by atoms with Crippen molar-refractivity contribution in [1.82, 2.24) is 4.57 Å². The van der Waals surface area contributed by atoms with Gasteiger partial charge < -0.3 is 9.47 Å². The van der Waals surface area contributed by atoms with Crippen molar-refractivity contribution in [2.24, 2.45) is 4.99 Å². The number of allylic oxidation sites excluding steroid dienone is 1. The van der Waals surface area contributed by atoms with Crippen LogP contribution in [-0.4, -0.2) is 23.8 Å². The molecule has 0 bridgehead atoms. The second kappa shape index (κ2) is 10.3. The highest BCUT2D eigenvalue weighted by molar-refractivity contribution is 7.07. The molecule has 0 radical (unpaired) electrons. The quantitative estimate of drug-likeness (QED) is 0.459. The van der Waals surface area contributed by atoms with E-state index >= 15 is 0 Å². The lowest BCUT2D eigenvalue weighted by atomic mass is 9.95. The van der Waals surface area contributed by atoms with Gasteiger partial charge in [0.2, 0.25) is 0 Å². The number of ether oxygens (including phenoxy) is 2. The van der Waals surface area contributed by atoms with Crippen LogP contribution in [0.15, 0.2) is 63.5 Å². The van der Waals surface area contributed by atoms with Gasteiger partial charge in [-0.1, -0.05) is 55.5 Å². The van der Waals surface area contributed by atoms with Crippen LogP contribution in [-0.2, 0) is 9.53 Å². The second-order valence-electron chi connectivity index (χ2n) is 9.55. The van der Waals surface area contributed by atoms with Crippen LogP contribution in [0.4, 0.5) is 0 Å². The first-order chi connectivity index (χ1) is 17.1. The smallest absolute Gasteiger partial charge is 0.338 e. The highest BCUT2D eigenvalue weighted by Gasteiger charge is 2.33. The van der Waals surface area contributed by atoms with Crippen molar-refractivity contribution in [3.05, 3.63) is 95.7 Å². The summed E-state index contributed by atoms with van der Waals surface area (Å²) in [5.74, 6) is 0.653. The Morgan fingerprint density at radius 3 is 2.42 bits per heavy atom. The van der Waals surface area contributed by atoms with Crippen LogP contribution in [0, 0.1) is 6.92 Å². The van der Waals surface area contributed by atoms with Crippen LogP contribution >= 0.6 is 11.3 Å². The minimum absolute atomic E-state index is 0.184. The summed E-state index contributed by atoms with van der Waals surface area (Å²) in [6.07, 6.45) is 1.63. The Kier molecular flexibility index (Phi) is 7.31. The van der Waals surface area contributed by atoms with E-state index in [9.17, 15) is 9.59 Å². The van der Waals surface area contributed by atoms with Crippen molar-refractivity contribution in [3.63, 3.8) is 0 Å². The lowest BCUT2D eigenvalue weighted by molar-refractivity contribution is -0.143. The molecule has 7 heteroatoms. The van der Waals surface area contributed by atoms with Gasteiger partial charge in [0, 0.05) is 0 Å². The number of aryl methyl sites for hydroxylation is 1. The standard InChI is InChI=1S/C29H32N2O4S/c1-16(2)22-14-21(18(5)13-23(22)34-7)15-24-27(32)31-26(20-11-9-8-10-12-20)25(28(33)35-17(3)4)19(6)30-29(31)36-24/h8-17,26H,1-7H3. The summed E-state index contributed by atoms with van der Waals surface area (Å²) in [6, 6.07) is 13.0. The van der Waals surface area contributed by atoms with E-state index in [1.807, 2.05) is 63.2 Å². The molecular formula is C29H32N2O4S. The molecule has 188 valence electrons. The molecule has 0 aliphatic carbocycles. The number of aromatic nitrogens is 1. The van der Waals surface area contributed by atoms with Crippen LogP contribution in [0.25, 0.3) is 6.08 Å². The Morgan fingerprint density at radius 2 is 1.81 bits per heavy atom. The van der Waals surface area contributed by atoms with Crippen LogP contribution < -0.4 is 19.6 Å². The molecule has 2 heterocycles. The third kappa shape index (κ3) is 4.80. The molecule has 0 saturated carbocycles. The summed E-state index contributed by atoms with van der Waals surface area (Å²) in [5, 5.41) is 0. The third-order valence-corrected chi connectivity index (χ3v) is 7.21. The molecule has 1 atom stereocenters. The van der Waals surface area contributed by atoms with Gasteiger partial charge in [-0.2, -0.15) is 0 Å². The molecule has 2 aromatic carbocycles. The average molecular weight is 505 g/mol. The molecule has 0 spiro atoms. The van der Waals surface area contributed by atoms with E-state index in [1.165, 1.54) is 11.3 Å². The molecule has 6 nitrogen and oxygen atoms in total. The molecule has 0 fully saturated rings. The van der Waals surface area contributed by atoms with Crippen LogP contribution in [0.1, 0.15) is 68.8 Å². The third-order valence-electron chi connectivity index (χ3n) is 6.23. The average Bonchev–Trinajstić information content (AvgIpc) is 3.13. The summed E-state index contributed by atoms with van der Waals surface area (Å²) >= 11 is 1.33. The normalized spacial score (nSPS) is 15.8. The number of carbonyl (C=O) groups excluding carboxylic acids is 1. The summed E-state index contributed by atoms with van der Waals surface area (Å²) in [5.41, 5.74) is 4.64. The predicted molar refractivity (Wildman–Crippen MR) is 143 cm³/mol. The summed E-state index contributed by atoms with van der Waals surface area (Å²) < 4.78 is 13.3. The molecule has 1 aromatic heterocycles. The van der Waals surface area contributed by atoms with Crippen LogP contribution in [0.5, 0.6) is 5.75 Å². The van der Waals surface area contributed by atoms with Gasteiger partial charge in [0.25, 0.3) is 5.56 Å². The zero-order valence-corrected chi connectivity index (χ0v) is 22.6. The molecule has 4 rings (SSSR count). The molecule has 0 N–H and O–H groups in total. The second-order valence-corrected chi connectivity index (χ2v) is 10.6. The van der Waals surface area contributed by atoms with Gasteiger partial charge in [-0.3, -0.25) is 9.36 Å². The van der Waals surface area contributed by atoms with Gasteiger partial charge in [0.1, 0.15) is 5.75 Å². The fourth-order valence-electron chi connectivity index (χ4n) is 4.45. The number of nitrogens with zero attached hydrogens (tertiary/aromatic N) is 2. The molecular weight excluding hydrogens is 472 g/mol. The van der Waals surface area contributed by atoms with Crippen molar-refractivity contribution >= 4 is 23.4 Å². The van der Waals surface area contributed by atoms with E-state index < -0.39 is 12.0 Å². The molecule has 36 heavy (non-hydrogen) atoms. The monoisotopic (exact) mass is 504 g/mol. The van der Waals surface area contributed by atoms with E-state index in [1.54, 1.807) is 18.6 Å². The van der Waals surface area contributed by atoms with Crippen molar-refractivity contribution in [2.45, 2.75) is 59.6 Å². The molecule has 0 amide bonds. The fraction of sp³-hybridized carbons (Fsp3) is 0.345. The number of hydrogen-bond donors (Lipinski definition) is 0. The lowest BCUT2D eigenvalue weighted by Gasteiger charge is -2.25. The highest BCUT2D eigenvalue weighted by atomic mass is 32.1. The topological polar surface area (TPSA) is 69.9 Å². The van der Waals surface area contributed by atoms with Crippen molar-refractivity contribution in [1.29, 1.82) is 0 Å². The zero-order chi connectivity index (χ0) is 26.1. The molecule has 3 aromatic rings. The largest absolute Gasteiger partial charge is 0.496 e. The lowest BCUT2D eigenvalue weighted by Crippen LogP contribution is -2.40. The summed E-state index contributed by atoms with van der Waals surface area (Å²) in [4.78, 5) is 32.2. The Bertz CT molecular complexity index is 1510. The Hall–Kier alpha value is -3.45. The summed E-state index contributed by atoms with van der Waals surface area (Å²) in [7, 11) is 1.67. The maximum Gasteiger partial charge on any atom is 0.338 e. The number of rotatable bonds is 6. The number of fused-ring (bicyclic) bond motifs is 1. The zero-order valence-electron chi connectivity index (χ0n) is 21.8. The molecule has 1 unspecified atom stereocenters. The number of benzene rings is 2. The minimum Gasteiger partial charge on any atom is -0.496 e. The number of carbonyl (C=O) groups is 1. The number of esters is 1. The van der Waals surface area contributed by atoms with Gasteiger partial charge in [-0.15, -0.1) is 0 Å². The molecule has 0 saturated heterocycles. The van der Waals surface area contributed by atoms with E-state index in [4.69, 9.17) is 9.47 Å². The van der Waals surface area contributed by atoms with Gasteiger partial charge in [0.15, 0.2) is 4.80 Å². The van der Waals surface area contributed by atoms with Crippen molar-refractivity contribution in [2.75, 3.05) is 7.11 Å². The van der Waals surface area contributed by atoms with Crippen LogP contribution in [0.3, 0.4) is 0 Å².